The molecular weight excluding hydrogens is 398 g/mol. The summed E-state index contributed by atoms with van der Waals surface area (Å²) in [6, 6.07) is 17.6. The third-order valence-electron chi connectivity index (χ3n) is 4.94. The van der Waals surface area contributed by atoms with Gasteiger partial charge in [-0.2, -0.15) is 0 Å². The highest BCUT2D eigenvalue weighted by Gasteiger charge is 2.18. The number of amides is 1. The van der Waals surface area contributed by atoms with Crippen molar-refractivity contribution in [3.63, 3.8) is 0 Å². The quantitative estimate of drug-likeness (QED) is 0.518. The standard InChI is InChI=1S/C23H21N3O3S/c1-17-2-6-21(7-3-17)30(28,29)26-15-11-19-5-4-18(16-22(19)26)8-14-25-23(27)20-9-12-24-13-10-20/h2-7,9-13,15-16H,8,14H2,1H3,(H,25,27). The number of pyridine rings is 1. The number of hydrogen-bond acceptors (Lipinski definition) is 4. The number of nitrogens with one attached hydrogen (secondary N) is 1. The van der Waals surface area contributed by atoms with E-state index >= 15 is 0 Å². The van der Waals surface area contributed by atoms with Crippen molar-refractivity contribution < 1.29 is 13.2 Å². The van der Waals surface area contributed by atoms with Crippen molar-refractivity contribution in [1.82, 2.24) is 14.3 Å². The van der Waals surface area contributed by atoms with Gasteiger partial charge in [0.25, 0.3) is 15.9 Å². The van der Waals surface area contributed by atoms with E-state index in [4.69, 9.17) is 0 Å². The van der Waals surface area contributed by atoms with Gasteiger partial charge in [0.1, 0.15) is 0 Å². The zero-order valence-corrected chi connectivity index (χ0v) is 17.3. The highest BCUT2D eigenvalue weighted by atomic mass is 32.2. The molecule has 0 aliphatic heterocycles. The number of rotatable bonds is 6. The minimum absolute atomic E-state index is 0.163. The average Bonchev–Trinajstić information content (AvgIpc) is 3.19. The van der Waals surface area contributed by atoms with Crippen LogP contribution in [0.5, 0.6) is 0 Å². The van der Waals surface area contributed by atoms with Gasteiger partial charge in [-0.25, -0.2) is 12.4 Å². The van der Waals surface area contributed by atoms with Crippen LogP contribution in [0.3, 0.4) is 0 Å². The Morgan fingerprint density at radius 3 is 2.47 bits per heavy atom. The number of fused-ring (bicyclic) bond motifs is 1. The molecule has 0 atom stereocenters. The summed E-state index contributed by atoms with van der Waals surface area (Å²) in [4.78, 5) is 16.3. The van der Waals surface area contributed by atoms with Crippen LogP contribution in [0, 0.1) is 6.92 Å². The molecule has 0 spiro atoms. The van der Waals surface area contributed by atoms with Crippen LogP contribution in [-0.4, -0.2) is 29.8 Å². The lowest BCUT2D eigenvalue weighted by Gasteiger charge is -2.10. The Hall–Kier alpha value is -3.45. The summed E-state index contributed by atoms with van der Waals surface area (Å²) in [5.41, 5.74) is 3.12. The molecule has 7 heteroatoms. The van der Waals surface area contributed by atoms with Gasteiger partial charge in [-0.1, -0.05) is 29.8 Å². The zero-order chi connectivity index (χ0) is 21.1. The Balaban J connectivity index is 1.54. The van der Waals surface area contributed by atoms with E-state index in [0.717, 1.165) is 16.5 Å². The topological polar surface area (TPSA) is 81.1 Å². The molecule has 0 aliphatic carbocycles. The van der Waals surface area contributed by atoms with Crippen molar-refractivity contribution in [3.05, 3.63) is 95.9 Å². The second-order valence-electron chi connectivity index (χ2n) is 7.06. The van der Waals surface area contributed by atoms with Gasteiger partial charge in [0.15, 0.2) is 0 Å². The molecule has 2 aromatic heterocycles. The molecule has 1 amide bonds. The van der Waals surface area contributed by atoms with E-state index in [-0.39, 0.29) is 10.8 Å². The zero-order valence-electron chi connectivity index (χ0n) is 16.4. The normalized spacial score (nSPS) is 11.5. The fourth-order valence-corrected chi connectivity index (χ4v) is 4.61. The van der Waals surface area contributed by atoms with Gasteiger partial charge < -0.3 is 5.32 Å². The van der Waals surface area contributed by atoms with Gasteiger partial charge in [-0.05, 0) is 55.3 Å². The third-order valence-corrected chi connectivity index (χ3v) is 6.65. The smallest absolute Gasteiger partial charge is 0.268 e. The molecule has 0 fully saturated rings. The molecule has 2 aromatic carbocycles. The molecule has 2 heterocycles. The monoisotopic (exact) mass is 419 g/mol. The Morgan fingerprint density at radius 1 is 1.00 bits per heavy atom. The highest BCUT2D eigenvalue weighted by Crippen LogP contribution is 2.23. The third kappa shape index (κ3) is 3.97. The maximum absolute atomic E-state index is 13.1. The van der Waals surface area contributed by atoms with Crippen molar-refractivity contribution in [3.8, 4) is 0 Å². The number of carbonyl (C=O) groups is 1. The number of aromatic nitrogens is 2. The van der Waals surface area contributed by atoms with E-state index in [9.17, 15) is 13.2 Å². The Kier molecular flexibility index (Phi) is 5.37. The van der Waals surface area contributed by atoms with Crippen LogP contribution in [-0.2, 0) is 16.4 Å². The van der Waals surface area contributed by atoms with Crippen LogP contribution >= 0.6 is 0 Å². The first kappa shape index (κ1) is 19.8. The van der Waals surface area contributed by atoms with Gasteiger partial charge in [-0.3, -0.25) is 9.78 Å². The summed E-state index contributed by atoms with van der Waals surface area (Å²) in [6.45, 7) is 2.36. The SMILES string of the molecule is Cc1ccc(S(=O)(=O)n2ccc3ccc(CCNC(=O)c4ccncc4)cc32)cc1. The van der Waals surface area contributed by atoms with Gasteiger partial charge in [0.05, 0.1) is 10.4 Å². The predicted molar refractivity (Wildman–Crippen MR) is 116 cm³/mol. The number of nitrogens with zero attached hydrogens (tertiary/aromatic N) is 2. The fraction of sp³-hybridized carbons (Fsp3) is 0.130. The molecule has 6 nitrogen and oxygen atoms in total. The molecule has 0 saturated carbocycles. The van der Waals surface area contributed by atoms with E-state index in [0.29, 0.717) is 24.0 Å². The first-order valence-electron chi connectivity index (χ1n) is 9.55. The lowest BCUT2D eigenvalue weighted by molar-refractivity contribution is 0.0954. The second-order valence-corrected chi connectivity index (χ2v) is 8.88. The van der Waals surface area contributed by atoms with Gasteiger partial charge in [-0.15, -0.1) is 0 Å². The summed E-state index contributed by atoms with van der Waals surface area (Å²) in [5.74, 6) is -0.163. The molecule has 0 aliphatic rings. The molecular formula is C23H21N3O3S. The molecule has 30 heavy (non-hydrogen) atoms. The van der Waals surface area contributed by atoms with E-state index < -0.39 is 10.0 Å². The minimum atomic E-state index is -3.68. The molecule has 0 unspecified atom stereocenters. The van der Waals surface area contributed by atoms with E-state index in [1.165, 1.54) is 3.97 Å². The molecule has 152 valence electrons. The Morgan fingerprint density at radius 2 is 1.73 bits per heavy atom. The van der Waals surface area contributed by atoms with Crippen LogP contribution in [0.15, 0.2) is 84.1 Å². The number of aryl methyl sites for hydroxylation is 1. The summed E-state index contributed by atoms with van der Waals surface area (Å²) >= 11 is 0. The molecule has 0 saturated heterocycles. The predicted octanol–water partition coefficient (Wildman–Crippen LogP) is 3.55. The minimum Gasteiger partial charge on any atom is -0.352 e. The van der Waals surface area contributed by atoms with Crippen molar-refractivity contribution in [1.29, 1.82) is 0 Å². The summed E-state index contributed by atoms with van der Waals surface area (Å²) < 4.78 is 27.5. The summed E-state index contributed by atoms with van der Waals surface area (Å²) in [5, 5.41) is 3.72. The van der Waals surface area contributed by atoms with Crippen LogP contribution in [0.25, 0.3) is 10.9 Å². The van der Waals surface area contributed by atoms with Crippen LogP contribution in [0.1, 0.15) is 21.5 Å². The number of carbonyl (C=O) groups excluding carboxylic acids is 1. The highest BCUT2D eigenvalue weighted by molar-refractivity contribution is 7.90. The van der Waals surface area contributed by atoms with Crippen molar-refractivity contribution in [2.45, 2.75) is 18.2 Å². The average molecular weight is 420 g/mol. The van der Waals surface area contributed by atoms with Crippen molar-refractivity contribution in [2.24, 2.45) is 0 Å². The van der Waals surface area contributed by atoms with E-state index in [1.807, 2.05) is 25.1 Å². The van der Waals surface area contributed by atoms with Gasteiger partial charge >= 0.3 is 0 Å². The lowest BCUT2D eigenvalue weighted by atomic mass is 10.1. The summed E-state index contributed by atoms with van der Waals surface area (Å²) in [7, 11) is -3.68. The largest absolute Gasteiger partial charge is 0.352 e. The first-order chi connectivity index (χ1) is 14.4. The lowest BCUT2D eigenvalue weighted by Crippen LogP contribution is -2.25. The van der Waals surface area contributed by atoms with Crippen LogP contribution in [0.2, 0.25) is 0 Å². The van der Waals surface area contributed by atoms with Crippen molar-refractivity contribution in [2.75, 3.05) is 6.54 Å². The van der Waals surface area contributed by atoms with Crippen molar-refractivity contribution >= 4 is 26.8 Å². The van der Waals surface area contributed by atoms with Crippen LogP contribution < -0.4 is 5.32 Å². The molecule has 1 N–H and O–H groups in total. The number of benzene rings is 2. The molecule has 0 bridgehead atoms. The first-order valence-corrected chi connectivity index (χ1v) is 11.0. The molecule has 4 aromatic rings. The maximum Gasteiger partial charge on any atom is 0.268 e. The maximum atomic E-state index is 13.1. The van der Waals surface area contributed by atoms with E-state index in [1.54, 1.807) is 61.1 Å². The Bertz CT molecular complexity index is 1290. The Labute approximate surface area is 175 Å². The second kappa shape index (κ2) is 8.12. The molecule has 0 radical (unpaired) electrons. The summed E-state index contributed by atoms with van der Waals surface area (Å²) in [6.07, 6.45) is 5.31. The van der Waals surface area contributed by atoms with Crippen LogP contribution in [0.4, 0.5) is 0 Å². The fourth-order valence-electron chi connectivity index (χ4n) is 3.26. The number of hydrogen-bond donors (Lipinski definition) is 1. The van der Waals surface area contributed by atoms with E-state index in [2.05, 4.69) is 10.3 Å². The van der Waals surface area contributed by atoms with Gasteiger partial charge in [0.2, 0.25) is 0 Å². The van der Waals surface area contributed by atoms with Gasteiger partial charge in [0, 0.05) is 36.1 Å². The molecule has 4 rings (SSSR count).